The van der Waals surface area contributed by atoms with E-state index in [9.17, 15) is 0 Å². The summed E-state index contributed by atoms with van der Waals surface area (Å²) in [6.07, 6.45) is 4.15. The van der Waals surface area contributed by atoms with E-state index < -0.39 is 0 Å². The molecule has 110 valence electrons. The molecule has 2 atom stereocenters. The van der Waals surface area contributed by atoms with Crippen molar-refractivity contribution >= 4 is 11.3 Å². The first-order chi connectivity index (χ1) is 9.55. The van der Waals surface area contributed by atoms with Gasteiger partial charge in [0.1, 0.15) is 0 Å². The maximum Gasteiger partial charge on any atom is 0.0644 e. The molecule has 2 heterocycles. The maximum atomic E-state index is 4.70. The fraction of sp³-hybridized carbons (Fsp3) is 0.562. The number of rotatable bonds is 6. The highest BCUT2D eigenvalue weighted by molar-refractivity contribution is 7.12. The Morgan fingerprint density at radius 1 is 1.40 bits per heavy atom. The molecule has 0 spiro atoms. The number of hydrogen-bond donors (Lipinski definition) is 1. The largest absolute Gasteiger partial charge is 0.312 e. The predicted octanol–water partition coefficient (Wildman–Crippen LogP) is 4.04. The first kappa shape index (κ1) is 15.3. The summed E-state index contributed by atoms with van der Waals surface area (Å²) in [4.78, 5) is 2.81. The smallest absolute Gasteiger partial charge is 0.0644 e. The highest BCUT2D eigenvalue weighted by Gasteiger charge is 2.15. The van der Waals surface area contributed by atoms with Crippen molar-refractivity contribution in [2.75, 3.05) is 7.05 Å². The zero-order valence-corrected chi connectivity index (χ0v) is 13.9. The molecule has 0 radical (unpaired) electrons. The second kappa shape index (κ2) is 6.55. The van der Waals surface area contributed by atoms with Crippen LogP contribution >= 0.6 is 11.3 Å². The third kappa shape index (κ3) is 3.30. The van der Waals surface area contributed by atoms with Gasteiger partial charge in [-0.3, -0.25) is 4.68 Å². The van der Waals surface area contributed by atoms with Crippen LogP contribution in [0.2, 0.25) is 0 Å². The molecule has 0 saturated heterocycles. The fourth-order valence-corrected chi connectivity index (χ4v) is 3.40. The van der Waals surface area contributed by atoms with Gasteiger partial charge in [0.15, 0.2) is 0 Å². The molecule has 2 aromatic rings. The molecule has 0 saturated carbocycles. The fourth-order valence-electron chi connectivity index (χ4n) is 2.25. The van der Waals surface area contributed by atoms with Crippen LogP contribution in [0.5, 0.6) is 0 Å². The molecular weight excluding hydrogens is 266 g/mol. The van der Waals surface area contributed by atoms with Crippen LogP contribution in [0.4, 0.5) is 0 Å². The number of aryl methyl sites for hydroxylation is 2. The van der Waals surface area contributed by atoms with Gasteiger partial charge < -0.3 is 5.32 Å². The third-order valence-electron chi connectivity index (χ3n) is 4.00. The molecule has 4 heteroatoms. The Kier molecular flexibility index (Phi) is 5.00. The molecule has 0 aliphatic carbocycles. The van der Waals surface area contributed by atoms with Crippen molar-refractivity contribution in [1.82, 2.24) is 15.1 Å². The van der Waals surface area contributed by atoms with Crippen LogP contribution in [0, 0.1) is 13.8 Å². The summed E-state index contributed by atoms with van der Waals surface area (Å²) in [5.41, 5.74) is 2.55. The van der Waals surface area contributed by atoms with E-state index in [4.69, 9.17) is 5.10 Å². The summed E-state index contributed by atoms with van der Waals surface area (Å²) in [5.74, 6) is 0. The molecule has 3 nitrogen and oxygen atoms in total. The van der Waals surface area contributed by atoms with Gasteiger partial charge in [-0.1, -0.05) is 6.92 Å². The van der Waals surface area contributed by atoms with E-state index in [0.29, 0.717) is 12.1 Å². The first-order valence-corrected chi connectivity index (χ1v) is 8.15. The Hall–Kier alpha value is -1.13. The van der Waals surface area contributed by atoms with Gasteiger partial charge in [-0.25, -0.2) is 0 Å². The van der Waals surface area contributed by atoms with Crippen LogP contribution in [0.15, 0.2) is 18.3 Å². The van der Waals surface area contributed by atoms with Crippen molar-refractivity contribution in [3.63, 3.8) is 0 Å². The zero-order valence-electron chi connectivity index (χ0n) is 13.1. The quantitative estimate of drug-likeness (QED) is 0.870. The van der Waals surface area contributed by atoms with Gasteiger partial charge in [0, 0.05) is 34.5 Å². The number of thiophene rings is 1. The van der Waals surface area contributed by atoms with Crippen LogP contribution in [-0.2, 0) is 6.42 Å². The minimum absolute atomic E-state index is 0.354. The minimum atomic E-state index is 0.354. The number of nitrogens with zero attached hydrogens (tertiary/aromatic N) is 2. The van der Waals surface area contributed by atoms with Gasteiger partial charge >= 0.3 is 0 Å². The molecule has 0 fully saturated rings. The lowest BCUT2D eigenvalue weighted by Gasteiger charge is -2.13. The van der Waals surface area contributed by atoms with E-state index >= 15 is 0 Å². The standard InChI is InChI=1S/C16H25N3S/c1-6-12(3)19-8-7-14(18-19)10-15(17-5)16-9-11(2)13(4)20-16/h7-9,12,15,17H,6,10H2,1-5H3. The van der Waals surface area contributed by atoms with E-state index in [1.165, 1.54) is 15.3 Å². The highest BCUT2D eigenvalue weighted by atomic mass is 32.1. The van der Waals surface area contributed by atoms with Crippen LogP contribution in [0.25, 0.3) is 0 Å². The second-order valence-electron chi connectivity index (χ2n) is 5.48. The lowest BCUT2D eigenvalue weighted by atomic mass is 10.1. The van der Waals surface area contributed by atoms with Gasteiger partial charge in [0.2, 0.25) is 0 Å². The average molecular weight is 291 g/mol. The van der Waals surface area contributed by atoms with Crippen molar-refractivity contribution in [1.29, 1.82) is 0 Å². The summed E-state index contributed by atoms with van der Waals surface area (Å²) < 4.78 is 2.08. The molecule has 1 N–H and O–H groups in total. The maximum absolute atomic E-state index is 4.70. The van der Waals surface area contributed by atoms with Crippen LogP contribution in [0.1, 0.15) is 53.4 Å². The van der Waals surface area contributed by atoms with Crippen LogP contribution in [0.3, 0.4) is 0 Å². The SMILES string of the molecule is CCC(C)n1ccc(CC(NC)c2cc(C)c(C)s2)n1. The molecule has 2 aromatic heterocycles. The summed E-state index contributed by atoms with van der Waals surface area (Å²) in [6.45, 7) is 8.77. The monoisotopic (exact) mass is 291 g/mol. The van der Waals surface area contributed by atoms with Crippen molar-refractivity contribution in [3.8, 4) is 0 Å². The van der Waals surface area contributed by atoms with E-state index in [1.807, 2.05) is 18.4 Å². The molecule has 0 bridgehead atoms. The minimum Gasteiger partial charge on any atom is -0.312 e. The Bertz CT molecular complexity index is 536. The number of likely N-dealkylation sites (N-methyl/N-ethyl adjacent to an activating group) is 1. The van der Waals surface area contributed by atoms with E-state index in [0.717, 1.165) is 18.5 Å². The van der Waals surface area contributed by atoms with Crippen LogP contribution in [-0.4, -0.2) is 16.8 Å². The molecule has 0 aliphatic heterocycles. The number of nitrogens with one attached hydrogen (secondary N) is 1. The summed E-state index contributed by atoms with van der Waals surface area (Å²) in [5, 5.41) is 8.13. The molecule has 2 rings (SSSR count). The molecule has 0 amide bonds. The van der Waals surface area contributed by atoms with Crippen molar-refractivity contribution < 1.29 is 0 Å². The lowest BCUT2D eigenvalue weighted by Crippen LogP contribution is -2.18. The summed E-state index contributed by atoms with van der Waals surface area (Å²) >= 11 is 1.89. The van der Waals surface area contributed by atoms with Gasteiger partial charge in [-0.05, 0) is 51.9 Å². The van der Waals surface area contributed by atoms with Crippen molar-refractivity contribution in [2.24, 2.45) is 0 Å². The zero-order chi connectivity index (χ0) is 14.7. The number of hydrogen-bond acceptors (Lipinski definition) is 3. The molecule has 2 unspecified atom stereocenters. The van der Waals surface area contributed by atoms with Gasteiger partial charge in [-0.2, -0.15) is 5.10 Å². The van der Waals surface area contributed by atoms with E-state index in [2.05, 4.69) is 56.0 Å². The van der Waals surface area contributed by atoms with Gasteiger partial charge in [0.05, 0.1) is 5.69 Å². The Morgan fingerprint density at radius 3 is 2.70 bits per heavy atom. The lowest BCUT2D eigenvalue weighted by molar-refractivity contribution is 0.469. The second-order valence-corrected chi connectivity index (χ2v) is 6.77. The van der Waals surface area contributed by atoms with Gasteiger partial charge in [0.25, 0.3) is 0 Å². The molecule has 0 aromatic carbocycles. The molecule has 0 aliphatic rings. The first-order valence-electron chi connectivity index (χ1n) is 7.33. The van der Waals surface area contributed by atoms with Crippen molar-refractivity contribution in [3.05, 3.63) is 39.3 Å². The molecule has 20 heavy (non-hydrogen) atoms. The van der Waals surface area contributed by atoms with E-state index in [1.54, 1.807) is 0 Å². The van der Waals surface area contributed by atoms with Gasteiger partial charge in [-0.15, -0.1) is 11.3 Å². The average Bonchev–Trinajstić information content (AvgIpc) is 3.03. The Labute approximate surface area is 126 Å². The normalized spacial score (nSPS) is 14.4. The topological polar surface area (TPSA) is 29.9 Å². The van der Waals surface area contributed by atoms with E-state index in [-0.39, 0.29) is 0 Å². The predicted molar refractivity (Wildman–Crippen MR) is 86.5 cm³/mol. The highest BCUT2D eigenvalue weighted by Crippen LogP contribution is 2.28. The summed E-state index contributed by atoms with van der Waals surface area (Å²) in [6, 6.07) is 5.27. The Morgan fingerprint density at radius 2 is 2.15 bits per heavy atom. The third-order valence-corrected chi connectivity index (χ3v) is 5.26. The number of aromatic nitrogens is 2. The molecular formula is C16H25N3S. The Balaban J connectivity index is 2.12. The van der Waals surface area contributed by atoms with Crippen molar-refractivity contribution in [2.45, 2.75) is 52.6 Å². The van der Waals surface area contributed by atoms with Crippen LogP contribution < -0.4 is 5.32 Å². The summed E-state index contributed by atoms with van der Waals surface area (Å²) in [7, 11) is 2.03.